The van der Waals surface area contributed by atoms with Crippen LogP contribution in [0.4, 0.5) is 5.69 Å². The number of nitrogens with one attached hydrogen (secondary N) is 1. The third kappa shape index (κ3) is 4.54. The molecule has 2 aromatic carbocycles. The molecule has 0 aromatic heterocycles. The normalized spacial score (nSPS) is 14.8. The highest BCUT2D eigenvalue weighted by Gasteiger charge is 2.30. The standard InChI is InChI=1S/C21H26N2O4S/c1-3-27-19-11-10-18(15-20(19)28(25,26)23-12-6-7-13-23)22-21(24)14-17-9-5-4-8-16(17)2/h4-5,8-11,15H,3,6-7,12-14H2,1-2H3,(H,22,24). The monoisotopic (exact) mass is 402 g/mol. The van der Waals surface area contributed by atoms with Crippen molar-refractivity contribution in [3.8, 4) is 5.75 Å². The van der Waals surface area contributed by atoms with Gasteiger partial charge in [-0.05, 0) is 56.0 Å². The fourth-order valence-corrected chi connectivity index (χ4v) is 4.99. The number of hydrogen-bond donors (Lipinski definition) is 1. The van der Waals surface area contributed by atoms with Gasteiger partial charge in [-0.15, -0.1) is 0 Å². The van der Waals surface area contributed by atoms with Crippen molar-refractivity contribution in [2.45, 2.75) is 38.0 Å². The van der Waals surface area contributed by atoms with Crippen LogP contribution in [0.5, 0.6) is 5.75 Å². The zero-order chi connectivity index (χ0) is 20.1. The Morgan fingerprint density at radius 2 is 1.86 bits per heavy atom. The van der Waals surface area contributed by atoms with Gasteiger partial charge in [0, 0.05) is 18.8 Å². The van der Waals surface area contributed by atoms with E-state index in [2.05, 4.69) is 5.32 Å². The van der Waals surface area contributed by atoms with E-state index in [-0.39, 0.29) is 17.2 Å². The Labute approximate surface area is 166 Å². The second-order valence-electron chi connectivity index (χ2n) is 6.86. The summed E-state index contributed by atoms with van der Waals surface area (Å²) in [5.74, 6) is 0.120. The molecular weight excluding hydrogens is 376 g/mol. The second kappa shape index (κ2) is 8.75. The van der Waals surface area contributed by atoms with Crippen LogP contribution in [-0.4, -0.2) is 38.3 Å². The molecule has 3 rings (SSSR count). The first-order chi connectivity index (χ1) is 13.4. The number of amides is 1. The van der Waals surface area contributed by atoms with Gasteiger partial charge in [-0.2, -0.15) is 4.31 Å². The third-order valence-electron chi connectivity index (χ3n) is 4.82. The number of ether oxygens (including phenoxy) is 1. The minimum Gasteiger partial charge on any atom is -0.492 e. The van der Waals surface area contributed by atoms with Gasteiger partial charge in [-0.1, -0.05) is 24.3 Å². The molecular formula is C21H26N2O4S. The van der Waals surface area contributed by atoms with Crippen molar-refractivity contribution in [1.29, 1.82) is 0 Å². The van der Waals surface area contributed by atoms with Crippen molar-refractivity contribution in [1.82, 2.24) is 4.31 Å². The molecule has 1 fully saturated rings. The van der Waals surface area contributed by atoms with Crippen molar-refractivity contribution in [2.75, 3.05) is 25.0 Å². The van der Waals surface area contributed by atoms with Crippen molar-refractivity contribution >= 4 is 21.6 Å². The van der Waals surface area contributed by atoms with E-state index >= 15 is 0 Å². The van der Waals surface area contributed by atoms with E-state index in [1.54, 1.807) is 12.1 Å². The average molecular weight is 403 g/mol. The minimum absolute atomic E-state index is 0.102. The molecule has 1 aliphatic heterocycles. The van der Waals surface area contributed by atoms with Crippen LogP contribution >= 0.6 is 0 Å². The van der Waals surface area contributed by atoms with Crippen LogP contribution in [0.15, 0.2) is 47.4 Å². The fourth-order valence-electron chi connectivity index (χ4n) is 3.32. The van der Waals surface area contributed by atoms with Crippen LogP contribution in [0.2, 0.25) is 0 Å². The topological polar surface area (TPSA) is 75.7 Å². The number of carbonyl (C=O) groups excluding carboxylic acids is 1. The lowest BCUT2D eigenvalue weighted by atomic mass is 10.1. The van der Waals surface area contributed by atoms with E-state index in [9.17, 15) is 13.2 Å². The number of aryl methyl sites for hydroxylation is 1. The molecule has 1 N–H and O–H groups in total. The smallest absolute Gasteiger partial charge is 0.246 e. The number of benzene rings is 2. The number of anilines is 1. The summed E-state index contributed by atoms with van der Waals surface area (Å²) in [6, 6.07) is 12.5. The maximum Gasteiger partial charge on any atom is 0.246 e. The lowest BCUT2D eigenvalue weighted by Gasteiger charge is -2.19. The first kappa shape index (κ1) is 20.4. The Morgan fingerprint density at radius 1 is 1.14 bits per heavy atom. The van der Waals surface area contributed by atoms with Gasteiger partial charge in [0.25, 0.3) is 0 Å². The average Bonchev–Trinajstić information content (AvgIpc) is 3.20. The highest BCUT2D eigenvalue weighted by molar-refractivity contribution is 7.89. The molecule has 1 amide bonds. The number of hydrogen-bond acceptors (Lipinski definition) is 4. The maximum absolute atomic E-state index is 13.0. The number of rotatable bonds is 7. The van der Waals surface area contributed by atoms with Gasteiger partial charge >= 0.3 is 0 Å². The summed E-state index contributed by atoms with van der Waals surface area (Å²) < 4.78 is 33.1. The molecule has 0 aliphatic carbocycles. The summed E-state index contributed by atoms with van der Waals surface area (Å²) in [7, 11) is -3.66. The van der Waals surface area contributed by atoms with E-state index in [0.29, 0.717) is 31.1 Å². The minimum atomic E-state index is -3.66. The van der Waals surface area contributed by atoms with E-state index in [4.69, 9.17) is 4.74 Å². The highest BCUT2D eigenvalue weighted by Crippen LogP contribution is 2.31. The van der Waals surface area contributed by atoms with Crippen LogP contribution in [0.1, 0.15) is 30.9 Å². The van der Waals surface area contributed by atoms with Gasteiger partial charge < -0.3 is 10.1 Å². The lowest BCUT2D eigenvalue weighted by molar-refractivity contribution is -0.115. The molecule has 0 saturated carbocycles. The van der Waals surface area contributed by atoms with E-state index in [1.165, 1.54) is 10.4 Å². The predicted molar refractivity (Wildman–Crippen MR) is 109 cm³/mol. The van der Waals surface area contributed by atoms with Gasteiger partial charge in [0.2, 0.25) is 15.9 Å². The summed E-state index contributed by atoms with van der Waals surface area (Å²) in [6.45, 7) is 5.15. The van der Waals surface area contributed by atoms with Gasteiger partial charge in [0.15, 0.2) is 0 Å². The fraction of sp³-hybridized carbons (Fsp3) is 0.381. The van der Waals surface area contributed by atoms with E-state index in [0.717, 1.165) is 24.0 Å². The Bertz CT molecular complexity index is 951. The van der Waals surface area contributed by atoms with Gasteiger partial charge in [-0.3, -0.25) is 4.79 Å². The zero-order valence-corrected chi connectivity index (χ0v) is 17.1. The number of sulfonamides is 1. The lowest BCUT2D eigenvalue weighted by Crippen LogP contribution is -2.28. The first-order valence-corrected chi connectivity index (χ1v) is 11.0. The van der Waals surface area contributed by atoms with Crippen LogP contribution in [0, 0.1) is 6.92 Å². The molecule has 0 bridgehead atoms. The zero-order valence-electron chi connectivity index (χ0n) is 16.3. The number of nitrogens with zero attached hydrogens (tertiary/aromatic N) is 1. The highest BCUT2D eigenvalue weighted by atomic mass is 32.2. The third-order valence-corrected chi connectivity index (χ3v) is 6.74. The van der Waals surface area contributed by atoms with Crippen LogP contribution in [0.25, 0.3) is 0 Å². The van der Waals surface area contributed by atoms with E-state index in [1.807, 2.05) is 38.1 Å². The Balaban J connectivity index is 1.84. The quantitative estimate of drug-likeness (QED) is 0.771. The molecule has 2 aromatic rings. The Kier molecular flexibility index (Phi) is 6.36. The Hall–Kier alpha value is -2.38. The SMILES string of the molecule is CCOc1ccc(NC(=O)Cc2ccccc2C)cc1S(=O)(=O)N1CCCC1. The first-order valence-electron chi connectivity index (χ1n) is 9.53. The molecule has 0 atom stereocenters. The van der Waals surface area contributed by atoms with Crippen LogP contribution in [-0.2, 0) is 21.2 Å². The van der Waals surface area contributed by atoms with Gasteiger partial charge in [-0.25, -0.2) is 8.42 Å². The second-order valence-corrected chi connectivity index (χ2v) is 8.76. The van der Waals surface area contributed by atoms with Crippen molar-refractivity contribution in [3.63, 3.8) is 0 Å². The molecule has 7 heteroatoms. The van der Waals surface area contributed by atoms with Gasteiger partial charge in [0.05, 0.1) is 13.0 Å². The van der Waals surface area contributed by atoms with E-state index < -0.39 is 10.0 Å². The molecule has 1 heterocycles. The predicted octanol–water partition coefficient (Wildman–Crippen LogP) is 3.36. The van der Waals surface area contributed by atoms with Crippen molar-refractivity contribution < 1.29 is 17.9 Å². The van der Waals surface area contributed by atoms with Crippen LogP contribution < -0.4 is 10.1 Å². The summed E-state index contributed by atoms with van der Waals surface area (Å²) >= 11 is 0. The largest absolute Gasteiger partial charge is 0.492 e. The molecule has 1 saturated heterocycles. The summed E-state index contributed by atoms with van der Waals surface area (Å²) in [5, 5.41) is 2.81. The summed E-state index contributed by atoms with van der Waals surface area (Å²) in [5.41, 5.74) is 2.43. The Morgan fingerprint density at radius 3 is 2.54 bits per heavy atom. The molecule has 150 valence electrons. The summed E-state index contributed by atoms with van der Waals surface area (Å²) in [4.78, 5) is 12.6. The molecule has 0 spiro atoms. The number of carbonyl (C=O) groups is 1. The van der Waals surface area contributed by atoms with Crippen molar-refractivity contribution in [2.24, 2.45) is 0 Å². The molecule has 28 heavy (non-hydrogen) atoms. The summed E-state index contributed by atoms with van der Waals surface area (Å²) in [6.07, 6.45) is 1.94. The molecule has 1 aliphatic rings. The van der Waals surface area contributed by atoms with Crippen molar-refractivity contribution in [3.05, 3.63) is 53.6 Å². The molecule has 0 radical (unpaired) electrons. The van der Waals surface area contributed by atoms with Crippen LogP contribution in [0.3, 0.4) is 0 Å². The molecule has 0 unspecified atom stereocenters. The van der Waals surface area contributed by atoms with Gasteiger partial charge in [0.1, 0.15) is 10.6 Å². The molecule has 6 nitrogen and oxygen atoms in total. The maximum atomic E-state index is 13.0.